The lowest BCUT2D eigenvalue weighted by Gasteiger charge is -2.41. The van der Waals surface area contributed by atoms with Crippen LogP contribution in [0, 0.1) is 28.9 Å². The number of nitrogens with two attached hydrogens (primary N) is 1. The van der Waals surface area contributed by atoms with E-state index in [-0.39, 0.29) is 124 Å². The Kier molecular flexibility index (Phi) is 26.6. The van der Waals surface area contributed by atoms with E-state index in [9.17, 15) is 38.0 Å². The summed E-state index contributed by atoms with van der Waals surface area (Å²) in [7, 11) is 0. The fourth-order valence-electron chi connectivity index (χ4n) is 8.45. The van der Waals surface area contributed by atoms with Gasteiger partial charge in [0, 0.05) is 99.6 Å². The maximum atomic E-state index is 15.2. The van der Waals surface area contributed by atoms with Crippen LogP contribution in [0.25, 0.3) is 11.1 Å². The highest BCUT2D eigenvalue weighted by Crippen LogP contribution is 2.41. The second kappa shape index (κ2) is 32.1. The van der Waals surface area contributed by atoms with Crippen molar-refractivity contribution in [2.75, 3.05) is 90.5 Å². The topological polar surface area (TPSA) is 226 Å². The number of thioether (sulfide) groups is 1. The number of halogens is 2. The molecule has 2 aromatic carbocycles. The number of aliphatic carboxylic acids is 1. The third-order valence-electron chi connectivity index (χ3n) is 12.2. The molecule has 408 valence electrons. The number of carboxylic acids is 1. The van der Waals surface area contributed by atoms with E-state index in [0.717, 1.165) is 23.8 Å². The molecule has 1 fully saturated rings. The molecule has 1 saturated heterocycles. The van der Waals surface area contributed by atoms with E-state index >= 15 is 4.39 Å². The minimum absolute atomic E-state index is 0.0179. The van der Waals surface area contributed by atoms with Gasteiger partial charge >= 0.3 is 5.97 Å². The van der Waals surface area contributed by atoms with Crippen molar-refractivity contribution in [2.45, 2.75) is 91.6 Å². The van der Waals surface area contributed by atoms with Crippen LogP contribution >= 0.6 is 11.8 Å². The molecular formula is C54H75F2N5O12S. The normalized spacial score (nSPS) is 14.6. The van der Waals surface area contributed by atoms with Crippen LogP contribution in [0.3, 0.4) is 0 Å². The lowest BCUT2D eigenvalue weighted by atomic mass is 9.83. The van der Waals surface area contributed by atoms with Gasteiger partial charge < -0.3 is 44.6 Å². The molecule has 3 aromatic rings. The Balaban J connectivity index is 1.23. The summed E-state index contributed by atoms with van der Waals surface area (Å²) in [6.45, 7) is 10.9. The van der Waals surface area contributed by atoms with Gasteiger partial charge in [-0.1, -0.05) is 58.0 Å². The van der Waals surface area contributed by atoms with Crippen molar-refractivity contribution in [2.24, 2.45) is 23.0 Å². The van der Waals surface area contributed by atoms with Gasteiger partial charge in [0.2, 0.25) is 23.6 Å². The number of carboxylic acid groups (broad SMARTS) is 1. The minimum atomic E-state index is -1.09. The number of benzene rings is 2. The van der Waals surface area contributed by atoms with Gasteiger partial charge in [0.1, 0.15) is 23.2 Å². The van der Waals surface area contributed by atoms with E-state index in [1.807, 2.05) is 55.7 Å². The highest BCUT2D eigenvalue weighted by molar-refractivity contribution is 7.99. The van der Waals surface area contributed by atoms with Crippen molar-refractivity contribution in [3.8, 4) is 11.1 Å². The average Bonchev–Trinajstić information content (AvgIpc) is 3.86. The third kappa shape index (κ3) is 21.1. The number of carbonyl (C=O) groups is 7. The standard InChI is InChI=1S/C54H75F2N5O12S/c1-38-30-48(64)61(53(38)69)21-16-43(62)12-8-22-70-24-26-72-28-29-73-27-25-71-23-17-44(63)31-41(52(68)58-19-15-50(66)67)36-74-37-49(65)60(20-9-18-57)51(54(2,3)4)47-32-40(45-33-42(55)13-14-46(45)56)35-59(47)34-39-10-6-5-7-11-39/h5-7,10-11,13-14,32-33,35,38,41,51H,8-9,12,15-31,34,36-37,57H2,1-4H3,(H,58,68)(H,66,67)/t38?,41-,51-/m0/s1. The summed E-state index contributed by atoms with van der Waals surface area (Å²) in [4.78, 5) is 91.2. The number of ketones is 2. The van der Waals surface area contributed by atoms with Crippen molar-refractivity contribution in [1.82, 2.24) is 19.7 Å². The van der Waals surface area contributed by atoms with Crippen molar-refractivity contribution in [3.63, 3.8) is 0 Å². The van der Waals surface area contributed by atoms with E-state index in [1.165, 1.54) is 16.7 Å². The van der Waals surface area contributed by atoms with Crippen LogP contribution in [0.2, 0.25) is 0 Å². The summed E-state index contributed by atoms with van der Waals surface area (Å²) in [6, 6.07) is 14.2. The average molecular weight is 1060 g/mol. The van der Waals surface area contributed by atoms with E-state index < -0.39 is 40.9 Å². The molecule has 4 amide bonds. The molecule has 0 bridgehead atoms. The van der Waals surface area contributed by atoms with E-state index in [2.05, 4.69) is 5.32 Å². The smallest absolute Gasteiger partial charge is 0.305 e. The first-order chi connectivity index (χ1) is 35.4. The highest BCUT2D eigenvalue weighted by atomic mass is 32.2. The van der Waals surface area contributed by atoms with Gasteiger partial charge in [0.05, 0.1) is 70.4 Å². The second-order valence-electron chi connectivity index (χ2n) is 19.4. The van der Waals surface area contributed by atoms with Gasteiger partial charge in [-0.05, 0) is 54.6 Å². The number of amides is 4. The van der Waals surface area contributed by atoms with Crippen molar-refractivity contribution in [3.05, 3.63) is 83.7 Å². The maximum Gasteiger partial charge on any atom is 0.305 e. The summed E-state index contributed by atoms with van der Waals surface area (Å²) in [5.41, 5.74) is 7.63. The zero-order valence-corrected chi connectivity index (χ0v) is 44.1. The lowest BCUT2D eigenvalue weighted by Crippen LogP contribution is -2.44. The number of carbonyl (C=O) groups excluding carboxylic acids is 6. The molecule has 0 saturated carbocycles. The Hall–Kier alpha value is -5.38. The lowest BCUT2D eigenvalue weighted by molar-refractivity contribution is -0.140. The minimum Gasteiger partial charge on any atom is -0.481 e. The van der Waals surface area contributed by atoms with Crippen LogP contribution in [0.15, 0.2) is 60.8 Å². The fraction of sp³-hybridized carbons (Fsp3) is 0.574. The molecule has 3 atom stereocenters. The molecule has 74 heavy (non-hydrogen) atoms. The molecular weight excluding hydrogens is 981 g/mol. The monoisotopic (exact) mass is 1060 g/mol. The van der Waals surface area contributed by atoms with Crippen LogP contribution < -0.4 is 11.1 Å². The molecule has 0 radical (unpaired) electrons. The Labute approximate surface area is 437 Å². The summed E-state index contributed by atoms with van der Waals surface area (Å²) >= 11 is 1.19. The van der Waals surface area contributed by atoms with Crippen molar-refractivity contribution < 1.29 is 66.4 Å². The maximum absolute atomic E-state index is 15.2. The van der Waals surface area contributed by atoms with Gasteiger partial charge in [0.25, 0.3) is 0 Å². The Bertz CT molecular complexity index is 2290. The number of Topliss-reactive ketones (excluding diaryl/α,β-unsaturated/α-hetero) is 2. The first-order valence-corrected chi connectivity index (χ1v) is 26.5. The summed E-state index contributed by atoms with van der Waals surface area (Å²) in [5, 5.41) is 11.8. The van der Waals surface area contributed by atoms with Gasteiger partial charge in [-0.3, -0.25) is 38.5 Å². The molecule has 0 aliphatic carbocycles. The fourth-order valence-corrected chi connectivity index (χ4v) is 9.46. The third-order valence-corrected chi connectivity index (χ3v) is 13.3. The molecule has 4 rings (SSSR count). The summed E-state index contributed by atoms with van der Waals surface area (Å²) < 4.78 is 53.9. The van der Waals surface area contributed by atoms with Crippen LogP contribution in [0.4, 0.5) is 8.78 Å². The van der Waals surface area contributed by atoms with Gasteiger partial charge in [0.15, 0.2) is 0 Å². The highest BCUT2D eigenvalue weighted by Gasteiger charge is 2.38. The van der Waals surface area contributed by atoms with E-state index in [1.54, 1.807) is 24.1 Å². The second-order valence-corrected chi connectivity index (χ2v) is 20.4. The largest absolute Gasteiger partial charge is 0.481 e. The Morgan fingerprint density at radius 2 is 1.51 bits per heavy atom. The Morgan fingerprint density at radius 1 is 0.851 bits per heavy atom. The zero-order chi connectivity index (χ0) is 54.0. The van der Waals surface area contributed by atoms with E-state index in [0.29, 0.717) is 76.6 Å². The van der Waals surface area contributed by atoms with Crippen molar-refractivity contribution >= 4 is 52.9 Å². The number of ether oxygens (including phenoxy) is 4. The number of imide groups is 1. The molecule has 1 unspecified atom stereocenters. The SMILES string of the molecule is CC1CC(=O)N(CCC(=O)CCCOCCOCCOCCOCCC(=O)C[C@@H](CSCC(=O)N(CCCN)[C@@H](c2cc(-c3cc(F)ccc3F)cn2Cc2ccccc2)C(C)(C)C)C(=O)NCCC(=O)O)C1=O. The number of aromatic nitrogens is 1. The molecule has 4 N–H and O–H groups in total. The van der Waals surface area contributed by atoms with Gasteiger partial charge in [-0.2, -0.15) is 11.8 Å². The Morgan fingerprint density at radius 3 is 2.14 bits per heavy atom. The van der Waals surface area contributed by atoms with Crippen LogP contribution in [-0.4, -0.2) is 151 Å². The number of hydrogen-bond donors (Lipinski definition) is 3. The molecule has 1 aliphatic rings. The number of nitrogens with one attached hydrogen (secondary N) is 1. The molecule has 20 heteroatoms. The molecule has 0 spiro atoms. The predicted octanol–water partition coefficient (Wildman–Crippen LogP) is 6.24. The van der Waals surface area contributed by atoms with E-state index in [4.69, 9.17) is 29.8 Å². The van der Waals surface area contributed by atoms with Crippen molar-refractivity contribution in [1.29, 1.82) is 0 Å². The molecule has 1 aliphatic heterocycles. The van der Waals surface area contributed by atoms with Crippen LogP contribution in [0.5, 0.6) is 0 Å². The number of rotatable bonds is 37. The quantitative estimate of drug-likeness (QED) is 0.0430. The molecule has 1 aromatic heterocycles. The zero-order valence-electron chi connectivity index (χ0n) is 43.3. The van der Waals surface area contributed by atoms with Crippen LogP contribution in [0.1, 0.15) is 96.4 Å². The first kappa shape index (κ1) is 61.2. The predicted molar refractivity (Wildman–Crippen MR) is 276 cm³/mol. The molecule has 2 heterocycles. The van der Waals surface area contributed by atoms with Gasteiger partial charge in [-0.15, -0.1) is 0 Å². The molecule has 17 nitrogen and oxygen atoms in total. The first-order valence-electron chi connectivity index (χ1n) is 25.3. The number of hydrogen-bond acceptors (Lipinski definition) is 13. The summed E-state index contributed by atoms with van der Waals surface area (Å²) in [6.07, 6.45) is 2.97. The number of nitrogens with zero attached hydrogens (tertiary/aromatic N) is 3. The van der Waals surface area contributed by atoms with Crippen LogP contribution in [-0.2, 0) is 59.1 Å². The summed E-state index contributed by atoms with van der Waals surface area (Å²) in [5.74, 6) is -4.91. The number of likely N-dealkylation sites (tertiary alicyclic amines) is 1. The van der Waals surface area contributed by atoms with Gasteiger partial charge in [-0.25, -0.2) is 8.78 Å².